The summed E-state index contributed by atoms with van der Waals surface area (Å²) in [6.45, 7) is 2.38. The van der Waals surface area contributed by atoms with Crippen LogP contribution >= 0.6 is 11.8 Å². The molecule has 0 bridgehead atoms. The summed E-state index contributed by atoms with van der Waals surface area (Å²) in [5.41, 5.74) is 1.75. The molecule has 2 rings (SSSR count). The summed E-state index contributed by atoms with van der Waals surface area (Å²) in [5, 5.41) is 9.56. The number of thioether (sulfide) groups is 1. The molecule has 112 valence electrons. The molecule has 0 radical (unpaired) electrons. The number of aryl methyl sites for hydroxylation is 1. The normalized spacial score (nSPS) is 12.6. The van der Waals surface area contributed by atoms with Gasteiger partial charge >= 0.3 is 5.97 Å². The van der Waals surface area contributed by atoms with Crippen molar-refractivity contribution in [3.8, 4) is 0 Å². The van der Waals surface area contributed by atoms with Gasteiger partial charge in [-0.2, -0.15) is 0 Å². The van der Waals surface area contributed by atoms with E-state index < -0.39 is 12.0 Å². The molecule has 5 nitrogen and oxygen atoms in total. The zero-order chi connectivity index (χ0) is 15.4. The number of nitrogens with one attached hydrogen (secondary N) is 1. The van der Waals surface area contributed by atoms with Gasteiger partial charge in [0, 0.05) is 16.8 Å². The molecule has 1 aromatic heterocycles. The fourth-order valence-electron chi connectivity index (χ4n) is 2.27. The number of H-pyrrole nitrogens is 1. The quantitative estimate of drug-likeness (QED) is 0.803. The second kappa shape index (κ2) is 6.78. The highest BCUT2D eigenvalue weighted by atomic mass is 32.2. The predicted molar refractivity (Wildman–Crippen MR) is 83.4 cm³/mol. The molecular formula is C15H19N3O2S. The Bertz CT molecular complexity index is 627. The maximum absolute atomic E-state index is 11.7. The fraction of sp³-hybridized carbons (Fsp3) is 0.333. The lowest BCUT2D eigenvalue weighted by atomic mass is 10.1. The number of aromatic amines is 1. The van der Waals surface area contributed by atoms with Crippen LogP contribution in [0.4, 0.5) is 0 Å². The maximum Gasteiger partial charge on any atom is 0.325 e. The number of hydrogen-bond acceptors (Lipinski definition) is 4. The molecular weight excluding hydrogens is 286 g/mol. The van der Waals surface area contributed by atoms with Crippen molar-refractivity contribution in [2.45, 2.75) is 24.4 Å². The average Bonchev–Trinajstić information content (AvgIpc) is 2.84. The molecule has 0 aliphatic heterocycles. The molecule has 1 atom stereocenters. The van der Waals surface area contributed by atoms with Crippen LogP contribution in [-0.2, 0) is 11.3 Å². The van der Waals surface area contributed by atoms with Crippen molar-refractivity contribution in [2.24, 2.45) is 0 Å². The lowest BCUT2D eigenvalue weighted by Gasteiger charge is -2.24. The molecule has 1 aromatic carbocycles. The Morgan fingerprint density at radius 1 is 1.52 bits per heavy atom. The number of carboxylic acid groups (broad SMARTS) is 1. The van der Waals surface area contributed by atoms with Crippen LogP contribution in [0.3, 0.4) is 0 Å². The van der Waals surface area contributed by atoms with E-state index in [2.05, 4.69) is 9.97 Å². The van der Waals surface area contributed by atoms with Crippen LogP contribution in [0.15, 0.2) is 35.4 Å². The molecule has 2 aromatic rings. The highest BCUT2D eigenvalue weighted by Crippen LogP contribution is 2.25. The molecule has 2 N–H and O–H groups in total. The second-order valence-electron chi connectivity index (χ2n) is 4.95. The van der Waals surface area contributed by atoms with Gasteiger partial charge in [0.15, 0.2) is 0 Å². The predicted octanol–water partition coefficient (Wildman–Crippen LogP) is 2.70. The third-order valence-electron chi connectivity index (χ3n) is 3.24. The second-order valence-corrected chi connectivity index (χ2v) is 5.83. The number of aliphatic carboxylic acids is 1. The van der Waals surface area contributed by atoms with Gasteiger partial charge in [0.1, 0.15) is 11.9 Å². The van der Waals surface area contributed by atoms with Gasteiger partial charge in [-0.15, -0.1) is 11.8 Å². The van der Waals surface area contributed by atoms with Crippen LogP contribution in [0.2, 0.25) is 0 Å². The van der Waals surface area contributed by atoms with Crippen LogP contribution in [-0.4, -0.2) is 39.2 Å². The number of imidazole rings is 1. The molecule has 21 heavy (non-hydrogen) atoms. The first-order valence-corrected chi connectivity index (χ1v) is 7.81. The molecule has 0 amide bonds. The van der Waals surface area contributed by atoms with Crippen molar-refractivity contribution < 1.29 is 9.90 Å². The monoisotopic (exact) mass is 305 g/mol. The van der Waals surface area contributed by atoms with E-state index in [4.69, 9.17) is 0 Å². The number of hydrogen-bond donors (Lipinski definition) is 2. The third-order valence-corrected chi connectivity index (χ3v) is 3.96. The van der Waals surface area contributed by atoms with Gasteiger partial charge in [-0.05, 0) is 37.9 Å². The van der Waals surface area contributed by atoms with Crippen LogP contribution in [0.5, 0.6) is 0 Å². The van der Waals surface area contributed by atoms with Gasteiger partial charge in [0.05, 0.1) is 6.54 Å². The molecule has 0 saturated carbocycles. The summed E-state index contributed by atoms with van der Waals surface area (Å²) in [6.07, 6.45) is 3.72. The smallest absolute Gasteiger partial charge is 0.325 e. The zero-order valence-electron chi connectivity index (χ0n) is 12.3. The Morgan fingerprint density at radius 3 is 2.86 bits per heavy atom. The summed E-state index contributed by atoms with van der Waals surface area (Å²) in [5.74, 6) is -0.0960. The van der Waals surface area contributed by atoms with Gasteiger partial charge in [-0.25, -0.2) is 4.98 Å². The van der Waals surface area contributed by atoms with Crippen molar-refractivity contribution in [1.82, 2.24) is 14.9 Å². The molecule has 1 heterocycles. The molecule has 0 saturated heterocycles. The molecule has 0 fully saturated rings. The lowest BCUT2D eigenvalue weighted by molar-refractivity contribution is -0.143. The lowest BCUT2D eigenvalue weighted by Crippen LogP contribution is -2.30. The van der Waals surface area contributed by atoms with Crippen molar-refractivity contribution in [3.63, 3.8) is 0 Å². The van der Waals surface area contributed by atoms with Gasteiger partial charge in [0.25, 0.3) is 0 Å². The summed E-state index contributed by atoms with van der Waals surface area (Å²) in [7, 11) is 1.79. The first kappa shape index (κ1) is 15.6. The van der Waals surface area contributed by atoms with E-state index in [0.29, 0.717) is 6.54 Å². The standard InChI is InChI=1S/C15H19N3O2S/c1-10-8-16-13(17-10)9-18(2)14(15(19)20)11-5-4-6-12(7-11)21-3/h4-8,14H,9H2,1-3H3,(H,16,17)(H,19,20). The number of carboxylic acids is 1. The van der Waals surface area contributed by atoms with Crippen molar-refractivity contribution >= 4 is 17.7 Å². The SMILES string of the molecule is CSc1cccc(C(C(=O)O)N(C)Cc2ncc(C)[nH]2)c1. The molecule has 1 unspecified atom stereocenters. The Kier molecular flexibility index (Phi) is 5.03. The number of carbonyl (C=O) groups is 1. The highest BCUT2D eigenvalue weighted by Gasteiger charge is 2.25. The first-order valence-electron chi connectivity index (χ1n) is 6.58. The van der Waals surface area contributed by atoms with E-state index >= 15 is 0 Å². The summed E-state index contributed by atoms with van der Waals surface area (Å²) in [4.78, 5) is 21.8. The van der Waals surface area contributed by atoms with E-state index in [1.165, 1.54) is 0 Å². The summed E-state index contributed by atoms with van der Waals surface area (Å²) < 4.78 is 0. The minimum Gasteiger partial charge on any atom is -0.480 e. The first-order chi connectivity index (χ1) is 10.0. The minimum atomic E-state index is -0.862. The number of rotatable bonds is 6. The Labute approximate surface area is 128 Å². The molecule has 0 aliphatic carbocycles. The minimum absolute atomic E-state index is 0.453. The highest BCUT2D eigenvalue weighted by molar-refractivity contribution is 7.98. The molecule has 0 aliphatic rings. The van der Waals surface area contributed by atoms with Gasteiger partial charge < -0.3 is 10.1 Å². The van der Waals surface area contributed by atoms with Crippen LogP contribution in [0, 0.1) is 6.92 Å². The van der Waals surface area contributed by atoms with Gasteiger partial charge in [-0.3, -0.25) is 9.69 Å². The Balaban J connectivity index is 2.23. The number of aromatic nitrogens is 2. The zero-order valence-corrected chi connectivity index (χ0v) is 13.1. The maximum atomic E-state index is 11.7. The number of nitrogens with zero attached hydrogens (tertiary/aromatic N) is 2. The van der Waals surface area contributed by atoms with E-state index in [1.54, 1.807) is 29.9 Å². The largest absolute Gasteiger partial charge is 0.480 e. The Hall–Kier alpha value is -1.79. The number of likely N-dealkylation sites (N-methyl/N-ethyl adjacent to an activating group) is 1. The van der Waals surface area contributed by atoms with Crippen molar-refractivity contribution in [1.29, 1.82) is 0 Å². The summed E-state index contributed by atoms with van der Waals surface area (Å²) >= 11 is 1.60. The molecule has 0 spiro atoms. The van der Waals surface area contributed by atoms with E-state index in [-0.39, 0.29) is 0 Å². The van der Waals surface area contributed by atoms with Gasteiger partial charge in [0.2, 0.25) is 0 Å². The topological polar surface area (TPSA) is 69.2 Å². The number of benzene rings is 1. The van der Waals surface area contributed by atoms with Gasteiger partial charge in [-0.1, -0.05) is 12.1 Å². The Morgan fingerprint density at radius 2 is 2.29 bits per heavy atom. The summed E-state index contributed by atoms with van der Waals surface area (Å²) in [6, 6.07) is 6.95. The molecule has 6 heteroatoms. The average molecular weight is 305 g/mol. The van der Waals surface area contributed by atoms with Crippen LogP contribution in [0.25, 0.3) is 0 Å². The third kappa shape index (κ3) is 3.86. The van der Waals surface area contributed by atoms with Crippen LogP contribution in [0.1, 0.15) is 23.1 Å². The van der Waals surface area contributed by atoms with E-state index in [9.17, 15) is 9.90 Å². The van der Waals surface area contributed by atoms with E-state index in [1.807, 2.05) is 37.4 Å². The van der Waals surface area contributed by atoms with Crippen molar-refractivity contribution in [2.75, 3.05) is 13.3 Å². The van der Waals surface area contributed by atoms with Crippen LogP contribution < -0.4 is 0 Å². The van der Waals surface area contributed by atoms with E-state index in [0.717, 1.165) is 22.0 Å². The van der Waals surface area contributed by atoms with Crippen molar-refractivity contribution in [3.05, 3.63) is 47.5 Å². The fourth-order valence-corrected chi connectivity index (χ4v) is 2.74.